The molecule has 0 aliphatic carbocycles. The third kappa shape index (κ3) is 4.42. The number of amides is 1. The number of carbonyl (C=O) groups is 1. The van der Waals surface area contributed by atoms with E-state index in [0.717, 1.165) is 11.5 Å². The van der Waals surface area contributed by atoms with Crippen molar-refractivity contribution in [3.63, 3.8) is 0 Å². The molecule has 0 spiro atoms. The molecule has 5 rings (SSSR count). The van der Waals surface area contributed by atoms with E-state index < -0.39 is 0 Å². The summed E-state index contributed by atoms with van der Waals surface area (Å²) in [6.45, 7) is 0.200. The molecule has 0 fully saturated rings. The van der Waals surface area contributed by atoms with Crippen LogP contribution in [0.3, 0.4) is 0 Å². The summed E-state index contributed by atoms with van der Waals surface area (Å²) in [5, 5.41) is 14.4. The van der Waals surface area contributed by atoms with Gasteiger partial charge >= 0.3 is 0 Å². The molecular weight excluding hydrogens is 432 g/mol. The molecule has 0 radical (unpaired) electrons. The molecule has 31 heavy (non-hydrogen) atoms. The zero-order chi connectivity index (χ0) is 21.0. The van der Waals surface area contributed by atoms with E-state index in [1.54, 1.807) is 29.5 Å². The second kappa shape index (κ2) is 8.83. The summed E-state index contributed by atoms with van der Waals surface area (Å²) in [4.78, 5) is 13.7. The number of hydrogen-bond acceptors (Lipinski definition) is 7. The predicted octanol–water partition coefficient (Wildman–Crippen LogP) is 4.38. The fourth-order valence-corrected chi connectivity index (χ4v) is 4.69. The Labute approximate surface area is 187 Å². The second-order valence-corrected chi connectivity index (χ2v) is 8.71. The first-order chi connectivity index (χ1) is 15.3. The Morgan fingerprint density at radius 1 is 1.06 bits per heavy atom. The maximum absolute atomic E-state index is 12.5. The molecular formula is C22H18N4O3S2. The molecule has 4 aromatic rings. The molecule has 1 amide bonds. The largest absolute Gasteiger partial charge is 0.454 e. The van der Waals surface area contributed by atoms with Crippen LogP contribution < -0.4 is 14.8 Å². The third-order valence-corrected chi connectivity index (χ3v) is 6.42. The van der Waals surface area contributed by atoms with Crippen LogP contribution in [0.5, 0.6) is 11.5 Å². The lowest BCUT2D eigenvalue weighted by Crippen LogP contribution is -2.14. The van der Waals surface area contributed by atoms with Crippen LogP contribution in [0.4, 0.5) is 5.69 Å². The highest BCUT2D eigenvalue weighted by Gasteiger charge is 2.18. The lowest BCUT2D eigenvalue weighted by molar-refractivity contribution is -0.113. The number of thioether (sulfide) groups is 1. The number of thiophene rings is 1. The number of hydrogen-bond donors (Lipinski definition) is 1. The van der Waals surface area contributed by atoms with Crippen molar-refractivity contribution in [1.29, 1.82) is 0 Å². The number of anilines is 1. The average Bonchev–Trinajstić information content (AvgIpc) is 3.54. The Morgan fingerprint density at radius 3 is 2.77 bits per heavy atom. The van der Waals surface area contributed by atoms with E-state index in [2.05, 4.69) is 27.0 Å². The van der Waals surface area contributed by atoms with Crippen molar-refractivity contribution in [1.82, 2.24) is 14.8 Å². The van der Waals surface area contributed by atoms with Gasteiger partial charge in [-0.25, -0.2) is 0 Å². The first-order valence-corrected chi connectivity index (χ1v) is 11.5. The monoisotopic (exact) mass is 450 g/mol. The molecule has 1 aliphatic rings. The first kappa shape index (κ1) is 19.7. The van der Waals surface area contributed by atoms with E-state index in [0.29, 0.717) is 28.8 Å². The minimum atomic E-state index is -0.133. The van der Waals surface area contributed by atoms with E-state index in [4.69, 9.17) is 9.47 Å². The number of aromatic nitrogens is 3. The topological polar surface area (TPSA) is 78.3 Å². The molecule has 0 unspecified atom stereocenters. The van der Waals surface area contributed by atoms with Crippen LogP contribution in [0, 0.1) is 0 Å². The maximum Gasteiger partial charge on any atom is 0.234 e. The number of fused-ring (bicyclic) bond motifs is 1. The van der Waals surface area contributed by atoms with E-state index in [1.165, 1.54) is 16.6 Å². The van der Waals surface area contributed by atoms with Gasteiger partial charge in [0.05, 0.1) is 5.75 Å². The standard InChI is InChI=1S/C22H18N4O3S2/c27-21(23-15-8-9-18-19(11-15)29-14-28-18)13-31-22-25-24-20(12-17-7-4-10-30-17)26(22)16-5-2-1-3-6-16/h1-11H,12-14H2,(H,23,27). The summed E-state index contributed by atoms with van der Waals surface area (Å²) in [5.41, 5.74) is 1.63. The van der Waals surface area contributed by atoms with Gasteiger partial charge in [-0.1, -0.05) is 36.0 Å². The van der Waals surface area contributed by atoms with Gasteiger partial charge in [-0.15, -0.1) is 21.5 Å². The number of ether oxygens (including phenoxy) is 2. The van der Waals surface area contributed by atoms with Gasteiger partial charge in [0, 0.05) is 28.7 Å². The highest BCUT2D eigenvalue weighted by molar-refractivity contribution is 7.99. The number of para-hydroxylation sites is 1. The van der Waals surface area contributed by atoms with Gasteiger partial charge in [-0.05, 0) is 35.7 Å². The average molecular weight is 451 g/mol. The van der Waals surface area contributed by atoms with Crippen molar-refractivity contribution in [2.45, 2.75) is 11.6 Å². The zero-order valence-corrected chi connectivity index (χ0v) is 18.0. The van der Waals surface area contributed by atoms with E-state index in [-0.39, 0.29) is 18.5 Å². The second-order valence-electron chi connectivity index (χ2n) is 6.73. The lowest BCUT2D eigenvalue weighted by Gasteiger charge is -2.10. The Morgan fingerprint density at radius 2 is 1.94 bits per heavy atom. The van der Waals surface area contributed by atoms with Gasteiger partial charge in [0.15, 0.2) is 16.7 Å². The minimum Gasteiger partial charge on any atom is -0.454 e. The van der Waals surface area contributed by atoms with Crippen LogP contribution in [0.1, 0.15) is 10.7 Å². The Kier molecular flexibility index (Phi) is 5.59. The number of carbonyl (C=O) groups excluding carboxylic acids is 1. The van der Waals surface area contributed by atoms with Crippen molar-refractivity contribution < 1.29 is 14.3 Å². The van der Waals surface area contributed by atoms with E-state index in [1.807, 2.05) is 41.0 Å². The Bertz CT molecular complexity index is 1190. The highest BCUT2D eigenvalue weighted by Crippen LogP contribution is 2.34. The summed E-state index contributed by atoms with van der Waals surface area (Å²) in [6.07, 6.45) is 0.684. The number of nitrogens with zero attached hydrogens (tertiary/aromatic N) is 3. The van der Waals surface area contributed by atoms with Crippen molar-refractivity contribution in [2.75, 3.05) is 17.9 Å². The van der Waals surface area contributed by atoms with Crippen LogP contribution in [0.25, 0.3) is 5.69 Å². The van der Waals surface area contributed by atoms with Crippen molar-refractivity contribution in [2.24, 2.45) is 0 Å². The number of rotatable bonds is 7. The van der Waals surface area contributed by atoms with Crippen molar-refractivity contribution in [3.8, 4) is 17.2 Å². The molecule has 0 bridgehead atoms. The fraction of sp³-hybridized carbons (Fsp3) is 0.136. The molecule has 1 N–H and O–H groups in total. The third-order valence-electron chi connectivity index (χ3n) is 4.62. The Hall–Kier alpha value is -3.30. The van der Waals surface area contributed by atoms with Crippen LogP contribution in [0.15, 0.2) is 71.2 Å². The van der Waals surface area contributed by atoms with Gasteiger partial charge in [0.25, 0.3) is 0 Å². The molecule has 0 atom stereocenters. The van der Waals surface area contributed by atoms with Gasteiger partial charge in [-0.2, -0.15) is 0 Å². The quantitative estimate of drug-likeness (QED) is 0.421. The molecule has 1 aliphatic heterocycles. The maximum atomic E-state index is 12.5. The number of nitrogens with one attached hydrogen (secondary N) is 1. The van der Waals surface area contributed by atoms with Crippen molar-refractivity contribution >= 4 is 34.7 Å². The zero-order valence-electron chi connectivity index (χ0n) is 16.4. The first-order valence-electron chi connectivity index (χ1n) is 9.61. The lowest BCUT2D eigenvalue weighted by atomic mass is 10.3. The molecule has 2 aromatic carbocycles. The summed E-state index contributed by atoms with van der Waals surface area (Å²) < 4.78 is 12.7. The molecule has 0 saturated carbocycles. The van der Waals surface area contributed by atoms with Gasteiger partial charge < -0.3 is 14.8 Å². The Balaban J connectivity index is 1.31. The molecule has 0 saturated heterocycles. The normalized spacial score (nSPS) is 12.1. The highest BCUT2D eigenvalue weighted by atomic mass is 32.2. The smallest absolute Gasteiger partial charge is 0.234 e. The molecule has 3 heterocycles. The van der Waals surface area contributed by atoms with Crippen LogP contribution in [-0.4, -0.2) is 33.2 Å². The summed E-state index contributed by atoms with van der Waals surface area (Å²) in [5.74, 6) is 2.23. The molecule has 9 heteroatoms. The molecule has 156 valence electrons. The van der Waals surface area contributed by atoms with Gasteiger partial charge in [-0.3, -0.25) is 9.36 Å². The molecule has 2 aromatic heterocycles. The van der Waals surface area contributed by atoms with E-state index in [9.17, 15) is 4.79 Å². The van der Waals surface area contributed by atoms with Crippen molar-refractivity contribution in [3.05, 3.63) is 76.7 Å². The SMILES string of the molecule is O=C(CSc1nnc(Cc2cccs2)n1-c1ccccc1)Nc1ccc2c(c1)OCO2. The number of benzene rings is 2. The van der Waals surface area contributed by atoms with Gasteiger partial charge in [0.2, 0.25) is 12.7 Å². The van der Waals surface area contributed by atoms with Crippen LogP contribution in [-0.2, 0) is 11.2 Å². The predicted molar refractivity (Wildman–Crippen MR) is 120 cm³/mol. The molecule has 7 nitrogen and oxygen atoms in total. The summed E-state index contributed by atoms with van der Waals surface area (Å²) >= 11 is 3.04. The summed E-state index contributed by atoms with van der Waals surface area (Å²) in [6, 6.07) is 19.4. The minimum absolute atomic E-state index is 0.133. The van der Waals surface area contributed by atoms with Crippen LogP contribution >= 0.6 is 23.1 Å². The van der Waals surface area contributed by atoms with Crippen LogP contribution in [0.2, 0.25) is 0 Å². The fourth-order valence-electron chi connectivity index (χ4n) is 3.22. The van der Waals surface area contributed by atoms with Gasteiger partial charge in [0.1, 0.15) is 5.82 Å². The van der Waals surface area contributed by atoms with E-state index >= 15 is 0 Å². The summed E-state index contributed by atoms with van der Waals surface area (Å²) in [7, 11) is 0.